The molecule has 0 spiro atoms. The van der Waals surface area contributed by atoms with Crippen LogP contribution in [0.3, 0.4) is 0 Å². The van der Waals surface area contributed by atoms with Crippen LogP contribution < -0.4 is 10.6 Å². The number of hydrogen-bond acceptors (Lipinski definition) is 3. The van der Waals surface area contributed by atoms with Gasteiger partial charge in [0, 0.05) is 32.2 Å². The highest BCUT2D eigenvalue weighted by Gasteiger charge is 2.20. The van der Waals surface area contributed by atoms with Crippen molar-refractivity contribution in [3.63, 3.8) is 0 Å². The van der Waals surface area contributed by atoms with Gasteiger partial charge in [-0.25, -0.2) is 0 Å². The molecule has 2 N–H and O–H groups in total. The summed E-state index contributed by atoms with van der Waals surface area (Å²) >= 11 is 0. The summed E-state index contributed by atoms with van der Waals surface area (Å²) in [4.78, 5) is 11.5. The average molecular weight is 212 g/mol. The van der Waals surface area contributed by atoms with Crippen LogP contribution in [-0.2, 0) is 9.53 Å². The monoisotopic (exact) mass is 212 g/mol. The smallest absolute Gasteiger partial charge is 0.222 e. The summed E-state index contributed by atoms with van der Waals surface area (Å²) in [6.45, 7) is 3.73. The van der Waals surface area contributed by atoms with Crippen molar-refractivity contribution in [2.24, 2.45) is 5.92 Å². The molecule has 0 aromatic rings. The molecule has 2 aliphatic heterocycles. The molecule has 1 atom stereocenters. The summed E-state index contributed by atoms with van der Waals surface area (Å²) < 4.78 is 5.52. The average Bonchev–Trinajstić information content (AvgIpc) is 2.17. The first-order valence-electron chi connectivity index (χ1n) is 5.93. The van der Waals surface area contributed by atoms with Gasteiger partial charge in [0.15, 0.2) is 0 Å². The molecule has 0 aromatic heterocycles. The Bertz CT molecular complexity index is 211. The Balaban J connectivity index is 1.58. The number of rotatable bonds is 4. The second-order valence-corrected chi connectivity index (χ2v) is 4.52. The zero-order valence-electron chi connectivity index (χ0n) is 9.13. The van der Waals surface area contributed by atoms with E-state index in [1.807, 2.05) is 0 Å². The first-order valence-corrected chi connectivity index (χ1v) is 5.93. The van der Waals surface area contributed by atoms with Crippen molar-refractivity contribution in [1.29, 1.82) is 0 Å². The molecule has 2 heterocycles. The lowest BCUT2D eigenvalue weighted by atomic mass is 10.0. The zero-order valence-corrected chi connectivity index (χ0v) is 9.13. The maximum Gasteiger partial charge on any atom is 0.222 e. The molecule has 15 heavy (non-hydrogen) atoms. The number of hydrogen-bond donors (Lipinski definition) is 2. The fourth-order valence-corrected chi connectivity index (χ4v) is 2.00. The third-order valence-electron chi connectivity index (χ3n) is 3.14. The largest absolute Gasteiger partial charge is 0.378 e. The standard InChI is InChI=1S/C11H20N2O2/c14-11(13-8-9-6-12-7-9)5-10-3-1-2-4-15-10/h9-10,12H,1-8H2,(H,13,14). The predicted octanol–water partition coefficient (Wildman–Crippen LogP) is 0.281. The van der Waals surface area contributed by atoms with E-state index in [0.29, 0.717) is 12.3 Å². The molecule has 0 radical (unpaired) electrons. The van der Waals surface area contributed by atoms with Crippen molar-refractivity contribution in [2.75, 3.05) is 26.2 Å². The number of carbonyl (C=O) groups excluding carboxylic acids is 1. The lowest BCUT2D eigenvalue weighted by Crippen LogP contribution is -2.48. The Morgan fingerprint density at radius 2 is 2.27 bits per heavy atom. The molecule has 0 aliphatic carbocycles. The number of nitrogens with one attached hydrogen (secondary N) is 2. The number of amides is 1. The van der Waals surface area contributed by atoms with Gasteiger partial charge in [0.1, 0.15) is 0 Å². The van der Waals surface area contributed by atoms with Gasteiger partial charge in [0.2, 0.25) is 5.91 Å². The van der Waals surface area contributed by atoms with Crippen LogP contribution in [0.4, 0.5) is 0 Å². The molecule has 1 amide bonds. The summed E-state index contributed by atoms with van der Waals surface area (Å²) in [5.41, 5.74) is 0. The van der Waals surface area contributed by atoms with Crippen LogP contribution in [0.2, 0.25) is 0 Å². The minimum atomic E-state index is 0.147. The lowest BCUT2D eigenvalue weighted by Gasteiger charge is -2.27. The molecule has 1 unspecified atom stereocenters. The third-order valence-corrected chi connectivity index (χ3v) is 3.14. The first-order chi connectivity index (χ1) is 7.34. The van der Waals surface area contributed by atoms with E-state index in [2.05, 4.69) is 10.6 Å². The number of carbonyl (C=O) groups is 1. The normalized spacial score (nSPS) is 27.1. The van der Waals surface area contributed by atoms with Crippen LogP contribution in [0.25, 0.3) is 0 Å². The second kappa shape index (κ2) is 5.47. The van der Waals surface area contributed by atoms with E-state index >= 15 is 0 Å². The summed E-state index contributed by atoms with van der Waals surface area (Å²) in [5, 5.41) is 6.16. The van der Waals surface area contributed by atoms with Gasteiger partial charge in [-0.05, 0) is 19.3 Å². The van der Waals surface area contributed by atoms with Crippen LogP contribution in [0.5, 0.6) is 0 Å². The Morgan fingerprint density at radius 1 is 1.40 bits per heavy atom. The topological polar surface area (TPSA) is 50.4 Å². The molecule has 0 aromatic carbocycles. The Labute approximate surface area is 90.8 Å². The van der Waals surface area contributed by atoms with Gasteiger partial charge in [0.25, 0.3) is 0 Å². The first kappa shape index (κ1) is 10.9. The maximum atomic E-state index is 11.5. The molecule has 2 rings (SSSR count). The highest BCUT2D eigenvalue weighted by Crippen LogP contribution is 2.15. The lowest BCUT2D eigenvalue weighted by molar-refractivity contribution is -0.125. The fourth-order valence-electron chi connectivity index (χ4n) is 2.00. The van der Waals surface area contributed by atoms with Gasteiger partial charge in [-0.1, -0.05) is 0 Å². The van der Waals surface area contributed by atoms with E-state index in [0.717, 1.165) is 39.1 Å². The van der Waals surface area contributed by atoms with Crippen molar-refractivity contribution < 1.29 is 9.53 Å². The molecule has 2 saturated heterocycles. The van der Waals surface area contributed by atoms with Gasteiger partial charge in [-0.3, -0.25) is 4.79 Å². The van der Waals surface area contributed by atoms with Gasteiger partial charge >= 0.3 is 0 Å². The molecule has 4 nitrogen and oxygen atoms in total. The van der Waals surface area contributed by atoms with Crippen molar-refractivity contribution in [3.05, 3.63) is 0 Å². The summed E-state index contributed by atoms with van der Waals surface area (Å²) in [6.07, 6.45) is 4.09. The van der Waals surface area contributed by atoms with Gasteiger partial charge < -0.3 is 15.4 Å². The Kier molecular flexibility index (Phi) is 3.97. The molecular formula is C11H20N2O2. The van der Waals surface area contributed by atoms with Gasteiger partial charge in [-0.15, -0.1) is 0 Å². The molecule has 2 fully saturated rings. The van der Waals surface area contributed by atoms with E-state index in [1.165, 1.54) is 6.42 Å². The van der Waals surface area contributed by atoms with E-state index in [1.54, 1.807) is 0 Å². The highest BCUT2D eigenvalue weighted by atomic mass is 16.5. The highest BCUT2D eigenvalue weighted by molar-refractivity contribution is 5.76. The van der Waals surface area contributed by atoms with Crippen LogP contribution in [-0.4, -0.2) is 38.3 Å². The summed E-state index contributed by atoms with van der Waals surface area (Å²) in [6, 6.07) is 0. The van der Waals surface area contributed by atoms with Crippen molar-refractivity contribution >= 4 is 5.91 Å². The maximum absolute atomic E-state index is 11.5. The van der Waals surface area contributed by atoms with Crippen LogP contribution in [0.1, 0.15) is 25.7 Å². The van der Waals surface area contributed by atoms with Crippen molar-refractivity contribution in [1.82, 2.24) is 10.6 Å². The molecule has 4 heteroatoms. The summed E-state index contributed by atoms with van der Waals surface area (Å²) in [7, 11) is 0. The molecule has 0 saturated carbocycles. The summed E-state index contributed by atoms with van der Waals surface area (Å²) in [5.74, 6) is 0.787. The SMILES string of the molecule is O=C(CC1CCCCO1)NCC1CNC1. The Hall–Kier alpha value is -0.610. The second-order valence-electron chi connectivity index (χ2n) is 4.52. The number of ether oxygens (including phenoxy) is 1. The minimum absolute atomic E-state index is 0.147. The van der Waals surface area contributed by atoms with E-state index in [4.69, 9.17) is 4.74 Å². The van der Waals surface area contributed by atoms with Gasteiger partial charge in [0.05, 0.1) is 12.5 Å². The molecular weight excluding hydrogens is 192 g/mol. The molecule has 86 valence electrons. The third kappa shape index (κ3) is 3.47. The van der Waals surface area contributed by atoms with Crippen LogP contribution >= 0.6 is 0 Å². The van der Waals surface area contributed by atoms with E-state index in [9.17, 15) is 4.79 Å². The van der Waals surface area contributed by atoms with Crippen molar-refractivity contribution in [2.45, 2.75) is 31.8 Å². The minimum Gasteiger partial charge on any atom is -0.378 e. The quantitative estimate of drug-likeness (QED) is 0.704. The van der Waals surface area contributed by atoms with E-state index < -0.39 is 0 Å². The predicted molar refractivity (Wildman–Crippen MR) is 57.6 cm³/mol. The zero-order chi connectivity index (χ0) is 10.5. The van der Waals surface area contributed by atoms with Crippen LogP contribution in [0.15, 0.2) is 0 Å². The fraction of sp³-hybridized carbons (Fsp3) is 0.909. The van der Waals surface area contributed by atoms with E-state index in [-0.39, 0.29) is 12.0 Å². The van der Waals surface area contributed by atoms with Crippen molar-refractivity contribution in [3.8, 4) is 0 Å². The van der Waals surface area contributed by atoms with Crippen LogP contribution in [0, 0.1) is 5.92 Å². The molecule has 2 aliphatic rings. The molecule has 0 bridgehead atoms. The Morgan fingerprint density at radius 3 is 2.87 bits per heavy atom. The van der Waals surface area contributed by atoms with Gasteiger partial charge in [-0.2, -0.15) is 0 Å².